The van der Waals surface area contributed by atoms with Gasteiger partial charge in [0.15, 0.2) is 0 Å². The second-order valence-electron chi connectivity index (χ2n) is 7.96. The lowest BCUT2D eigenvalue weighted by Crippen LogP contribution is -2.48. The highest BCUT2D eigenvalue weighted by Crippen LogP contribution is 2.26. The monoisotopic (exact) mass is 435 g/mol. The van der Waals surface area contributed by atoms with E-state index >= 15 is 0 Å². The zero-order chi connectivity index (χ0) is 22.8. The van der Waals surface area contributed by atoms with Crippen LogP contribution in [-0.4, -0.2) is 70.9 Å². The van der Waals surface area contributed by atoms with E-state index in [4.69, 9.17) is 5.73 Å². The number of hydrogen-bond acceptors (Lipinski definition) is 8. The SMILES string of the molecule is CN(C)c1ccc([N+](=O)[O-])cc1C(=O)N1CCN(Cc2nc(N)c3ccccc3n2)CC1. The van der Waals surface area contributed by atoms with Gasteiger partial charge < -0.3 is 15.5 Å². The third-order valence-corrected chi connectivity index (χ3v) is 5.61. The van der Waals surface area contributed by atoms with Gasteiger partial charge in [0.1, 0.15) is 11.6 Å². The van der Waals surface area contributed by atoms with Crippen molar-refractivity contribution in [3.63, 3.8) is 0 Å². The largest absolute Gasteiger partial charge is 0.383 e. The van der Waals surface area contributed by atoms with E-state index in [-0.39, 0.29) is 11.6 Å². The molecule has 32 heavy (non-hydrogen) atoms. The van der Waals surface area contributed by atoms with E-state index in [0.717, 1.165) is 10.9 Å². The number of fused-ring (bicyclic) bond motifs is 1. The average Bonchev–Trinajstić information content (AvgIpc) is 2.78. The van der Waals surface area contributed by atoms with Crippen LogP contribution in [0, 0.1) is 10.1 Å². The summed E-state index contributed by atoms with van der Waals surface area (Å²) in [4.78, 5) is 38.6. The smallest absolute Gasteiger partial charge is 0.270 e. The summed E-state index contributed by atoms with van der Waals surface area (Å²) in [6, 6.07) is 12.0. The first kappa shape index (κ1) is 21.4. The quantitative estimate of drug-likeness (QED) is 0.478. The summed E-state index contributed by atoms with van der Waals surface area (Å²) in [6.07, 6.45) is 0. The first-order chi connectivity index (χ1) is 15.3. The molecule has 10 nitrogen and oxygen atoms in total. The van der Waals surface area contributed by atoms with Crippen LogP contribution in [0.4, 0.5) is 17.2 Å². The van der Waals surface area contributed by atoms with Crippen LogP contribution in [0.15, 0.2) is 42.5 Å². The van der Waals surface area contributed by atoms with Crippen LogP contribution in [-0.2, 0) is 6.54 Å². The summed E-state index contributed by atoms with van der Waals surface area (Å²) in [5, 5.41) is 12.0. The molecule has 1 fully saturated rings. The summed E-state index contributed by atoms with van der Waals surface area (Å²) in [6.45, 7) is 2.86. The van der Waals surface area contributed by atoms with E-state index in [2.05, 4.69) is 14.9 Å². The second-order valence-corrected chi connectivity index (χ2v) is 7.96. The average molecular weight is 435 g/mol. The number of nitro benzene ring substituents is 1. The summed E-state index contributed by atoms with van der Waals surface area (Å²) in [5.74, 6) is 0.902. The number of benzene rings is 2. The van der Waals surface area contributed by atoms with E-state index in [0.29, 0.717) is 55.6 Å². The molecule has 2 aromatic carbocycles. The van der Waals surface area contributed by atoms with Crippen molar-refractivity contribution in [2.45, 2.75) is 6.54 Å². The Hall–Kier alpha value is -3.79. The number of non-ortho nitro benzene ring substituents is 1. The molecule has 0 bridgehead atoms. The number of nitro groups is 1. The third kappa shape index (κ3) is 4.30. The van der Waals surface area contributed by atoms with E-state index in [1.54, 1.807) is 15.9 Å². The molecule has 0 radical (unpaired) electrons. The van der Waals surface area contributed by atoms with E-state index in [9.17, 15) is 14.9 Å². The van der Waals surface area contributed by atoms with Crippen molar-refractivity contribution in [3.05, 3.63) is 64.0 Å². The Bertz CT molecular complexity index is 1170. The van der Waals surface area contributed by atoms with Crippen molar-refractivity contribution in [2.24, 2.45) is 0 Å². The number of nitrogen functional groups attached to an aromatic ring is 1. The Labute approximate surface area is 185 Å². The molecule has 0 saturated carbocycles. The van der Waals surface area contributed by atoms with Crippen LogP contribution in [0.25, 0.3) is 10.9 Å². The topological polar surface area (TPSA) is 122 Å². The van der Waals surface area contributed by atoms with Crippen LogP contribution < -0.4 is 10.6 Å². The number of piperazine rings is 1. The molecular weight excluding hydrogens is 410 g/mol. The number of anilines is 2. The van der Waals surface area contributed by atoms with Gasteiger partial charge in [-0.3, -0.25) is 19.8 Å². The van der Waals surface area contributed by atoms with Crippen molar-refractivity contribution < 1.29 is 9.72 Å². The van der Waals surface area contributed by atoms with Crippen molar-refractivity contribution in [3.8, 4) is 0 Å². The molecule has 1 aliphatic heterocycles. The van der Waals surface area contributed by atoms with Gasteiger partial charge in [0.05, 0.1) is 22.5 Å². The highest BCUT2D eigenvalue weighted by molar-refractivity contribution is 6.00. The maximum Gasteiger partial charge on any atom is 0.270 e. The van der Waals surface area contributed by atoms with Crippen LogP contribution in [0.2, 0.25) is 0 Å². The standard InChI is InChI=1S/C22H25N7O3/c1-26(2)19-8-7-15(29(31)32)13-17(19)22(30)28-11-9-27(10-12-28)14-20-24-18-6-4-3-5-16(18)21(23)25-20/h3-8,13H,9-12,14H2,1-2H3,(H2,23,24,25). The molecule has 4 rings (SSSR count). The third-order valence-electron chi connectivity index (χ3n) is 5.61. The van der Waals surface area contributed by atoms with Crippen LogP contribution in [0.3, 0.4) is 0 Å². The predicted octanol–water partition coefficient (Wildman–Crippen LogP) is 2.14. The van der Waals surface area contributed by atoms with E-state index in [1.165, 1.54) is 12.1 Å². The van der Waals surface area contributed by atoms with Crippen molar-refractivity contribution in [1.29, 1.82) is 0 Å². The summed E-state index contributed by atoms with van der Waals surface area (Å²) in [7, 11) is 3.62. The number of carbonyl (C=O) groups is 1. The highest BCUT2D eigenvalue weighted by atomic mass is 16.6. The first-order valence-corrected chi connectivity index (χ1v) is 10.3. The molecule has 0 aliphatic carbocycles. The maximum atomic E-state index is 13.2. The molecular formula is C22H25N7O3. The zero-order valence-electron chi connectivity index (χ0n) is 18.1. The molecule has 2 heterocycles. The number of carbonyl (C=O) groups excluding carboxylic acids is 1. The van der Waals surface area contributed by atoms with E-state index in [1.807, 2.05) is 38.4 Å². The van der Waals surface area contributed by atoms with Crippen LogP contribution in [0.5, 0.6) is 0 Å². The summed E-state index contributed by atoms with van der Waals surface area (Å²) in [5.41, 5.74) is 7.79. The lowest BCUT2D eigenvalue weighted by Gasteiger charge is -2.35. The van der Waals surface area contributed by atoms with Gasteiger partial charge in [0, 0.05) is 63.5 Å². The van der Waals surface area contributed by atoms with Gasteiger partial charge in [0.25, 0.3) is 11.6 Å². The normalized spacial score (nSPS) is 14.5. The number of hydrogen-bond donors (Lipinski definition) is 1. The molecule has 0 unspecified atom stereocenters. The number of para-hydroxylation sites is 1. The van der Waals surface area contributed by atoms with E-state index < -0.39 is 4.92 Å². The van der Waals surface area contributed by atoms with Crippen molar-refractivity contribution in [2.75, 3.05) is 50.9 Å². The molecule has 0 spiro atoms. The number of nitrogens with two attached hydrogens (primary N) is 1. The highest BCUT2D eigenvalue weighted by Gasteiger charge is 2.26. The number of nitrogens with zero attached hydrogens (tertiary/aromatic N) is 6. The molecule has 166 valence electrons. The van der Waals surface area contributed by atoms with Gasteiger partial charge in [-0.25, -0.2) is 9.97 Å². The Kier molecular flexibility index (Phi) is 5.87. The van der Waals surface area contributed by atoms with Crippen LogP contribution >= 0.6 is 0 Å². The van der Waals surface area contributed by atoms with Gasteiger partial charge in [-0.15, -0.1) is 0 Å². The molecule has 3 aromatic rings. The molecule has 10 heteroatoms. The fourth-order valence-corrected chi connectivity index (χ4v) is 3.90. The summed E-state index contributed by atoms with van der Waals surface area (Å²) >= 11 is 0. The molecule has 1 aromatic heterocycles. The van der Waals surface area contributed by atoms with Crippen molar-refractivity contribution in [1.82, 2.24) is 19.8 Å². The van der Waals surface area contributed by atoms with Gasteiger partial charge in [0.2, 0.25) is 0 Å². The van der Waals surface area contributed by atoms with Gasteiger partial charge >= 0.3 is 0 Å². The Morgan fingerprint density at radius 3 is 2.53 bits per heavy atom. The lowest BCUT2D eigenvalue weighted by molar-refractivity contribution is -0.384. The van der Waals surface area contributed by atoms with Crippen molar-refractivity contribution >= 4 is 34.0 Å². The van der Waals surface area contributed by atoms with Gasteiger partial charge in [-0.1, -0.05) is 12.1 Å². The Morgan fingerprint density at radius 1 is 1.12 bits per heavy atom. The maximum absolute atomic E-state index is 13.2. The number of amides is 1. The predicted molar refractivity (Wildman–Crippen MR) is 123 cm³/mol. The number of rotatable bonds is 5. The number of aromatic nitrogens is 2. The molecule has 1 aliphatic rings. The minimum Gasteiger partial charge on any atom is -0.383 e. The minimum absolute atomic E-state index is 0.0939. The summed E-state index contributed by atoms with van der Waals surface area (Å²) < 4.78 is 0. The lowest BCUT2D eigenvalue weighted by atomic mass is 10.1. The molecule has 1 amide bonds. The van der Waals surface area contributed by atoms with Crippen LogP contribution in [0.1, 0.15) is 16.2 Å². The Morgan fingerprint density at radius 2 is 1.84 bits per heavy atom. The fourth-order valence-electron chi connectivity index (χ4n) is 3.90. The minimum atomic E-state index is -0.483. The first-order valence-electron chi connectivity index (χ1n) is 10.3. The zero-order valence-corrected chi connectivity index (χ0v) is 18.1. The molecule has 0 atom stereocenters. The van der Waals surface area contributed by atoms with Gasteiger partial charge in [-0.2, -0.15) is 0 Å². The Balaban J connectivity index is 1.45. The molecule has 2 N–H and O–H groups in total. The molecule has 1 saturated heterocycles. The fraction of sp³-hybridized carbons (Fsp3) is 0.318. The van der Waals surface area contributed by atoms with Gasteiger partial charge in [-0.05, 0) is 18.2 Å². The second kappa shape index (κ2) is 8.75.